The molecule has 3 fully saturated rings. The van der Waals surface area contributed by atoms with Crippen molar-refractivity contribution in [2.24, 2.45) is 0 Å². The van der Waals surface area contributed by atoms with E-state index < -0.39 is 124 Å². The molecule has 0 aromatic carbocycles. The van der Waals surface area contributed by atoms with Crippen LogP contribution in [0.25, 0.3) is 0 Å². The Labute approximate surface area is 473 Å². The van der Waals surface area contributed by atoms with Gasteiger partial charge >= 0.3 is 0 Å². The molecule has 19 heteroatoms. The molecule has 3 aliphatic heterocycles. The molecule has 0 aromatic rings. The zero-order chi connectivity index (χ0) is 57.6. The Morgan fingerprint density at radius 3 is 1.23 bits per heavy atom. The Morgan fingerprint density at radius 1 is 0.443 bits per heavy atom. The van der Waals surface area contributed by atoms with Gasteiger partial charge in [0.25, 0.3) is 0 Å². The quantitative estimate of drug-likeness (QED) is 0.0248. The molecule has 3 heterocycles. The summed E-state index contributed by atoms with van der Waals surface area (Å²) in [5.41, 5.74) is 0. The second-order valence-electron chi connectivity index (χ2n) is 22.5. The molecule has 3 aliphatic rings. The highest BCUT2D eigenvalue weighted by atomic mass is 16.8. The van der Waals surface area contributed by atoms with Crippen molar-refractivity contribution in [1.29, 1.82) is 0 Å². The Hall–Kier alpha value is -1.73. The highest BCUT2D eigenvalue weighted by molar-refractivity contribution is 5.76. The van der Waals surface area contributed by atoms with Gasteiger partial charge in [-0.3, -0.25) is 4.79 Å². The van der Waals surface area contributed by atoms with E-state index in [2.05, 4.69) is 31.3 Å². The summed E-state index contributed by atoms with van der Waals surface area (Å²) in [5, 5.41) is 120. The second-order valence-corrected chi connectivity index (χ2v) is 22.5. The summed E-state index contributed by atoms with van der Waals surface area (Å²) in [4.78, 5) is 13.3. The van der Waals surface area contributed by atoms with Gasteiger partial charge in [0, 0.05) is 6.42 Å². The number of rotatable bonds is 46. The monoisotopic (exact) mass is 1130 g/mol. The number of unbranched alkanes of at least 4 members (excludes halogenated alkanes) is 28. The molecule has 0 aromatic heterocycles. The minimum atomic E-state index is -1.98. The molecule has 0 spiro atoms. The minimum absolute atomic E-state index is 0.244. The number of amides is 1. The average molecular weight is 1130 g/mol. The van der Waals surface area contributed by atoms with Gasteiger partial charge in [-0.25, -0.2) is 0 Å². The normalized spacial score (nSPS) is 30.4. The van der Waals surface area contributed by atoms with Gasteiger partial charge in [0.2, 0.25) is 5.91 Å². The van der Waals surface area contributed by atoms with E-state index >= 15 is 0 Å². The number of hydrogen-bond acceptors (Lipinski definition) is 18. The third-order valence-electron chi connectivity index (χ3n) is 15.7. The fourth-order valence-corrected chi connectivity index (χ4v) is 10.6. The molecule has 17 atom stereocenters. The maximum atomic E-state index is 13.3. The molecule has 17 unspecified atom stereocenters. The van der Waals surface area contributed by atoms with E-state index in [1.54, 1.807) is 6.08 Å². The van der Waals surface area contributed by atoms with E-state index in [1.807, 2.05) is 6.08 Å². The lowest BCUT2D eigenvalue weighted by Gasteiger charge is -2.48. The minimum Gasteiger partial charge on any atom is -0.394 e. The van der Waals surface area contributed by atoms with Crippen molar-refractivity contribution >= 4 is 5.91 Å². The second kappa shape index (κ2) is 43.8. The topological polar surface area (TPSA) is 307 Å². The molecule has 1 amide bonds. The highest BCUT2D eigenvalue weighted by Gasteiger charge is 2.53. The molecule has 3 saturated heterocycles. The molecule has 0 radical (unpaired) electrons. The molecule has 19 nitrogen and oxygen atoms in total. The number of carbonyl (C=O) groups excluding carboxylic acids is 1. The van der Waals surface area contributed by atoms with Crippen LogP contribution < -0.4 is 5.32 Å². The van der Waals surface area contributed by atoms with E-state index in [9.17, 15) is 61.0 Å². The standard InChI is InChI=1S/C60H111NO18/c1-3-5-7-9-11-13-15-17-18-19-20-21-22-23-24-26-28-30-32-34-36-38-48(66)61-43(44(65)37-35-33-31-29-27-25-16-14-12-10-8-6-4-2)42-74-58-54(72)51(69)56(46(40-63)76-58)79-60-55(73)52(70)57(47(41-64)77-60)78-59-53(71)50(68)49(67)45(39-62)75-59/h17-18,35,37,43-47,49-60,62-65,67-73H,3-16,19-34,36,38-42H2,1-2H3,(H,61,66). The first kappa shape index (κ1) is 71.5. The van der Waals surface area contributed by atoms with Crippen molar-refractivity contribution in [3.8, 4) is 0 Å². The number of hydrogen-bond donors (Lipinski definition) is 12. The molecule has 3 rings (SSSR count). The fraction of sp³-hybridized carbons (Fsp3) is 0.917. The van der Waals surface area contributed by atoms with Crippen molar-refractivity contribution in [2.75, 3.05) is 26.4 Å². The average Bonchev–Trinajstić information content (AvgIpc) is 3.45. The predicted octanol–water partition coefficient (Wildman–Crippen LogP) is 5.93. The predicted molar refractivity (Wildman–Crippen MR) is 300 cm³/mol. The van der Waals surface area contributed by atoms with Crippen molar-refractivity contribution in [1.82, 2.24) is 5.32 Å². The zero-order valence-corrected chi connectivity index (χ0v) is 48.4. The van der Waals surface area contributed by atoms with E-state index in [0.29, 0.717) is 6.42 Å². The van der Waals surface area contributed by atoms with Crippen LogP contribution in [-0.2, 0) is 33.2 Å². The molecule has 0 saturated carbocycles. The van der Waals surface area contributed by atoms with Crippen LogP contribution in [0.1, 0.15) is 219 Å². The van der Waals surface area contributed by atoms with Crippen LogP contribution in [0.3, 0.4) is 0 Å². The van der Waals surface area contributed by atoms with Crippen LogP contribution >= 0.6 is 0 Å². The maximum absolute atomic E-state index is 13.3. The number of aliphatic hydroxyl groups is 11. The Balaban J connectivity index is 1.47. The smallest absolute Gasteiger partial charge is 0.220 e. The molecular formula is C60H111NO18. The SMILES string of the molecule is CCCCCCCCC=CCCCCCCCCCCCCCC(=O)NC(COC1OC(CO)C(OC2OC(CO)C(OC3OC(CO)C(O)C(O)C3O)C(O)C2O)C(O)C1O)C(O)C=CCCCCCCCCCCCCC. The van der Waals surface area contributed by atoms with Crippen LogP contribution in [0, 0.1) is 0 Å². The van der Waals surface area contributed by atoms with Gasteiger partial charge in [-0.15, -0.1) is 0 Å². The third-order valence-corrected chi connectivity index (χ3v) is 15.7. The Bertz CT molecular complexity index is 1540. The number of nitrogens with one attached hydrogen (secondary N) is 1. The van der Waals surface area contributed by atoms with E-state index in [1.165, 1.54) is 148 Å². The summed E-state index contributed by atoms with van der Waals surface area (Å²) in [6.07, 6.45) is 18.7. The van der Waals surface area contributed by atoms with Crippen LogP contribution in [0.4, 0.5) is 0 Å². The summed E-state index contributed by atoms with van der Waals surface area (Å²) >= 11 is 0. The number of ether oxygens (including phenoxy) is 6. The van der Waals surface area contributed by atoms with Crippen molar-refractivity contribution in [3.05, 3.63) is 24.3 Å². The Kier molecular flexibility index (Phi) is 39.7. The van der Waals surface area contributed by atoms with Crippen LogP contribution in [0.5, 0.6) is 0 Å². The summed E-state index contributed by atoms with van der Waals surface area (Å²) in [5.74, 6) is -0.276. The summed E-state index contributed by atoms with van der Waals surface area (Å²) in [6.45, 7) is 1.72. The van der Waals surface area contributed by atoms with Crippen LogP contribution in [0.2, 0.25) is 0 Å². The van der Waals surface area contributed by atoms with E-state index in [0.717, 1.165) is 44.9 Å². The number of allylic oxidation sites excluding steroid dienone is 3. The highest BCUT2D eigenvalue weighted by Crippen LogP contribution is 2.33. The van der Waals surface area contributed by atoms with E-state index in [4.69, 9.17) is 28.4 Å². The molecular weight excluding hydrogens is 1020 g/mol. The molecule has 464 valence electrons. The van der Waals surface area contributed by atoms with Gasteiger partial charge in [0.15, 0.2) is 18.9 Å². The zero-order valence-electron chi connectivity index (χ0n) is 48.4. The van der Waals surface area contributed by atoms with Crippen molar-refractivity contribution in [3.63, 3.8) is 0 Å². The summed E-state index contributed by atoms with van der Waals surface area (Å²) in [6, 6.07) is -0.970. The van der Waals surface area contributed by atoms with Crippen LogP contribution in [0.15, 0.2) is 24.3 Å². The molecule has 0 aliphatic carbocycles. The lowest BCUT2D eigenvalue weighted by atomic mass is 9.96. The largest absolute Gasteiger partial charge is 0.394 e. The Morgan fingerprint density at radius 2 is 0.797 bits per heavy atom. The summed E-state index contributed by atoms with van der Waals surface area (Å²) < 4.78 is 34.2. The number of carbonyl (C=O) groups is 1. The van der Waals surface area contributed by atoms with Crippen LogP contribution in [-0.4, -0.2) is 193 Å². The molecule has 79 heavy (non-hydrogen) atoms. The first-order chi connectivity index (χ1) is 38.3. The van der Waals surface area contributed by atoms with Gasteiger partial charge in [-0.05, 0) is 44.9 Å². The van der Waals surface area contributed by atoms with Gasteiger partial charge < -0.3 is 89.9 Å². The van der Waals surface area contributed by atoms with Gasteiger partial charge in [0.05, 0.1) is 38.6 Å². The lowest BCUT2D eigenvalue weighted by molar-refractivity contribution is -0.379. The fourth-order valence-electron chi connectivity index (χ4n) is 10.6. The first-order valence-electron chi connectivity index (χ1n) is 31.1. The van der Waals surface area contributed by atoms with E-state index in [-0.39, 0.29) is 18.9 Å². The maximum Gasteiger partial charge on any atom is 0.220 e. The molecule has 12 N–H and O–H groups in total. The van der Waals surface area contributed by atoms with Crippen molar-refractivity contribution in [2.45, 2.75) is 324 Å². The van der Waals surface area contributed by atoms with Crippen molar-refractivity contribution < 1.29 is 89.4 Å². The third kappa shape index (κ3) is 27.7. The first-order valence-corrected chi connectivity index (χ1v) is 31.1. The number of aliphatic hydroxyl groups excluding tert-OH is 11. The van der Waals surface area contributed by atoms with Gasteiger partial charge in [0.1, 0.15) is 73.2 Å². The lowest BCUT2D eigenvalue weighted by Crippen LogP contribution is -2.66. The summed E-state index contributed by atoms with van der Waals surface area (Å²) in [7, 11) is 0. The van der Waals surface area contributed by atoms with Gasteiger partial charge in [-0.2, -0.15) is 0 Å². The van der Waals surface area contributed by atoms with Gasteiger partial charge in [-0.1, -0.05) is 192 Å². The molecule has 0 bridgehead atoms.